The second kappa shape index (κ2) is 12.1. The summed E-state index contributed by atoms with van der Waals surface area (Å²) in [6, 6.07) is 14.2. The van der Waals surface area contributed by atoms with Gasteiger partial charge in [0.1, 0.15) is 5.60 Å². The summed E-state index contributed by atoms with van der Waals surface area (Å²) >= 11 is 0. The lowest BCUT2D eigenvalue weighted by molar-refractivity contribution is 0.0523. The summed E-state index contributed by atoms with van der Waals surface area (Å²) in [5, 5.41) is 5.90. The SMILES string of the molecule is Cc1ccc(-c2c(CNC(=O)OC(C)(C)C)c(CC(C)C)nc(C)c2NC(=O)c2cccc(C(N)=O)c2)cc1. The van der Waals surface area contributed by atoms with Crippen LogP contribution < -0.4 is 16.4 Å². The van der Waals surface area contributed by atoms with Crippen LogP contribution in [0.3, 0.4) is 0 Å². The first-order valence-corrected chi connectivity index (χ1v) is 13.0. The van der Waals surface area contributed by atoms with Crippen LogP contribution in [-0.4, -0.2) is 28.5 Å². The van der Waals surface area contributed by atoms with Crippen LogP contribution >= 0.6 is 0 Å². The summed E-state index contributed by atoms with van der Waals surface area (Å²) in [4.78, 5) is 42.5. The molecule has 0 aliphatic heterocycles. The second-order valence-electron chi connectivity index (χ2n) is 11.1. The van der Waals surface area contributed by atoms with E-state index in [2.05, 4.69) is 24.5 Å². The summed E-state index contributed by atoms with van der Waals surface area (Å²) < 4.78 is 5.47. The predicted molar refractivity (Wildman–Crippen MR) is 154 cm³/mol. The molecule has 0 saturated carbocycles. The van der Waals surface area contributed by atoms with Crippen LogP contribution in [0, 0.1) is 19.8 Å². The Hall–Kier alpha value is -4.20. The maximum absolute atomic E-state index is 13.4. The molecule has 0 atom stereocenters. The molecule has 39 heavy (non-hydrogen) atoms. The van der Waals surface area contributed by atoms with Crippen LogP contribution in [0.1, 0.15) is 77.8 Å². The van der Waals surface area contributed by atoms with Gasteiger partial charge in [-0.05, 0) is 70.7 Å². The zero-order chi connectivity index (χ0) is 28.9. The first-order chi connectivity index (χ1) is 18.2. The smallest absolute Gasteiger partial charge is 0.407 e. The first kappa shape index (κ1) is 29.4. The minimum absolute atomic E-state index is 0.160. The van der Waals surface area contributed by atoms with Gasteiger partial charge < -0.3 is 21.1 Å². The van der Waals surface area contributed by atoms with Crippen molar-refractivity contribution in [1.82, 2.24) is 10.3 Å². The lowest BCUT2D eigenvalue weighted by Crippen LogP contribution is -2.32. The topological polar surface area (TPSA) is 123 Å². The number of aromatic nitrogens is 1. The Morgan fingerprint density at radius 2 is 1.64 bits per heavy atom. The molecule has 0 radical (unpaired) electrons. The molecular weight excluding hydrogens is 492 g/mol. The molecule has 0 bridgehead atoms. The molecule has 206 valence electrons. The van der Waals surface area contributed by atoms with Gasteiger partial charge in [0.25, 0.3) is 5.91 Å². The number of nitrogens with one attached hydrogen (secondary N) is 2. The molecule has 0 fully saturated rings. The normalized spacial score (nSPS) is 11.3. The van der Waals surface area contributed by atoms with Crippen LogP contribution in [0.2, 0.25) is 0 Å². The molecule has 0 aliphatic carbocycles. The fourth-order valence-corrected chi connectivity index (χ4v) is 4.21. The first-order valence-electron chi connectivity index (χ1n) is 13.0. The van der Waals surface area contributed by atoms with Gasteiger partial charge in [-0.1, -0.05) is 49.7 Å². The summed E-state index contributed by atoms with van der Waals surface area (Å²) in [5.74, 6) is -0.713. The number of aryl methyl sites for hydroxylation is 2. The molecule has 3 rings (SSSR count). The van der Waals surface area contributed by atoms with Crippen LogP contribution in [0.4, 0.5) is 10.5 Å². The lowest BCUT2D eigenvalue weighted by Gasteiger charge is -2.24. The summed E-state index contributed by atoms with van der Waals surface area (Å²) in [6.45, 7) is 13.7. The Morgan fingerprint density at radius 1 is 1.00 bits per heavy atom. The van der Waals surface area contributed by atoms with Crippen LogP contribution in [-0.2, 0) is 17.7 Å². The number of primary amides is 1. The Labute approximate surface area is 230 Å². The summed E-state index contributed by atoms with van der Waals surface area (Å²) in [6.07, 6.45) is 0.141. The molecule has 8 heteroatoms. The molecule has 1 heterocycles. The minimum Gasteiger partial charge on any atom is -0.444 e. The van der Waals surface area contributed by atoms with Gasteiger partial charge in [-0.25, -0.2) is 4.79 Å². The van der Waals surface area contributed by atoms with Gasteiger partial charge >= 0.3 is 6.09 Å². The van der Waals surface area contributed by atoms with Gasteiger partial charge in [0.2, 0.25) is 5.91 Å². The van der Waals surface area contributed by atoms with Gasteiger partial charge in [-0.3, -0.25) is 14.6 Å². The maximum Gasteiger partial charge on any atom is 0.407 e. The van der Waals surface area contributed by atoms with Crippen LogP contribution in [0.15, 0.2) is 48.5 Å². The summed E-state index contributed by atoms with van der Waals surface area (Å²) in [7, 11) is 0. The Bertz CT molecular complexity index is 1370. The molecule has 0 saturated heterocycles. The van der Waals surface area contributed by atoms with E-state index in [1.54, 1.807) is 18.2 Å². The third-order valence-electron chi connectivity index (χ3n) is 5.96. The van der Waals surface area contributed by atoms with Crippen LogP contribution in [0.25, 0.3) is 11.1 Å². The van der Waals surface area contributed by atoms with Gasteiger partial charge in [0, 0.05) is 34.5 Å². The maximum atomic E-state index is 13.4. The number of rotatable bonds is 8. The van der Waals surface area contributed by atoms with E-state index >= 15 is 0 Å². The highest BCUT2D eigenvalue weighted by Gasteiger charge is 2.24. The number of carbonyl (C=O) groups excluding carboxylic acids is 3. The molecule has 4 N–H and O–H groups in total. The van der Waals surface area contributed by atoms with Crippen molar-refractivity contribution in [2.24, 2.45) is 11.7 Å². The Kier molecular flexibility index (Phi) is 9.11. The van der Waals surface area contributed by atoms with Crippen molar-refractivity contribution >= 4 is 23.6 Å². The van der Waals surface area contributed by atoms with Gasteiger partial charge in [0.15, 0.2) is 0 Å². The number of hydrogen-bond donors (Lipinski definition) is 3. The number of nitrogens with zero attached hydrogens (tertiary/aromatic N) is 1. The molecule has 3 amide bonds. The third-order valence-corrected chi connectivity index (χ3v) is 5.96. The van der Waals surface area contributed by atoms with E-state index in [1.807, 2.05) is 58.9 Å². The Morgan fingerprint density at radius 3 is 2.23 bits per heavy atom. The molecular formula is C31H38N4O4. The van der Waals surface area contributed by atoms with E-state index in [0.29, 0.717) is 29.3 Å². The number of nitrogens with two attached hydrogens (primary N) is 1. The van der Waals surface area contributed by atoms with Crippen molar-refractivity contribution in [3.05, 3.63) is 82.2 Å². The average Bonchev–Trinajstić information content (AvgIpc) is 2.84. The number of hydrogen-bond acceptors (Lipinski definition) is 5. The van der Waals surface area contributed by atoms with E-state index in [9.17, 15) is 14.4 Å². The number of anilines is 1. The molecule has 2 aromatic carbocycles. The monoisotopic (exact) mass is 530 g/mol. The lowest BCUT2D eigenvalue weighted by atomic mass is 9.92. The zero-order valence-corrected chi connectivity index (χ0v) is 23.8. The number of ether oxygens (including phenoxy) is 1. The van der Waals surface area contributed by atoms with Gasteiger partial charge in [0.05, 0.1) is 11.4 Å². The summed E-state index contributed by atoms with van der Waals surface area (Å²) in [5.41, 5.74) is 10.8. The number of pyridine rings is 1. The fourth-order valence-electron chi connectivity index (χ4n) is 4.21. The highest BCUT2D eigenvalue weighted by molar-refractivity contribution is 6.08. The van der Waals surface area contributed by atoms with Crippen molar-refractivity contribution in [3.63, 3.8) is 0 Å². The van der Waals surface area contributed by atoms with Crippen molar-refractivity contribution in [2.45, 2.75) is 67.0 Å². The predicted octanol–water partition coefficient (Wildman–Crippen LogP) is 5.94. The molecule has 3 aromatic rings. The molecule has 8 nitrogen and oxygen atoms in total. The van der Waals surface area contributed by atoms with E-state index in [0.717, 1.165) is 27.9 Å². The fraction of sp³-hybridized carbons (Fsp3) is 0.355. The third kappa shape index (κ3) is 7.89. The van der Waals surface area contributed by atoms with Gasteiger partial charge in [-0.15, -0.1) is 0 Å². The molecule has 0 unspecified atom stereocenters. The quantitative estimate of drug-likeness (QED) is 0.333. The standard InChI is InChI=1S/C31H38N4O4/c1-18(2)15-25-24(17-33-30(38)39-31(5,6)7)26(21-13-11-19(3)12-14-21)27(20(4)34-25)35-29(37)23-10-8-9-22(16-23)28(32)36/h8-14,16,18H,15,17H2,1-7H3,(H2,32,36)(H,33,38)(H,35,37). The van der Waals surface area contributed by atoms with Crippen molar-refractivity contribution in [1.29, 1.82) is 0 Å². The van der Waals surface area contributed by atoms with E-state index < -0.39 is 23.5 Å². The highest BCUT2D eigenvalue weighted by Crippen LogP contribution is 2.37. The van der Waals surface area contributed by atoms with Crippen molar-refractivity contribution < 1.29 is 19.1 Å². The Balaban J connectivity index is 2.16. The molecule has 1 aromatic heterocycles. The number of benzene rings is 2. The van der Waals surface area contributed by atoms with Crippen molar-refractivity contribution in [3.8, 4) is 11.1 Å². The number of carbonyl (C=O) groups is 3. The van der Waals surface area contributed by atoms with Gasteiger partial charge in [-0.2, -0.15) is 0 Å². The number of amides is 3. The molecule has 0 spiro atoms. The van der Waals surface area contributed by atoms with E-state index in [4.69, 9.17) is 15.5 Å². The number of alkyl carbamates (subject to hydrolysis) is 1. The average molecular weight is 531 g/mol. The van der Waals surface area contributed by atoms with E-state index in [-0.39, 0.29) is 12.1 Å². The molecule has 0 aliphatic rings. The second-order valence-corrected chi connectivity index (χ2v) is 11.1. The largest absolute Gasteiger partial charge is 0.444 e. The zero-order valence-electron chi connectivity index (χ0n) is 23.8. The van der Waals surface area contributed by atoms with Crippen LogP contribution in [0.5, 0.6) is 0 Å². The minimum atomic E-state index is -0.644. The van der Waals surface area contributed by atoms with Crippen molar-refractivity contribution in [2.75, 3.05) is 5.32 Å². The highest BCUT2D eigenvalue weighted by atomic mass is 16.6. The van der Waals surface area contributed by atoms with E-state index in [1.165, 1.54) is 6.07 Å².